The lowest BCUT2D eigenvalue weighted by molar-refractivity contribution is 0.248. The summed E-state index contributed by atoms with van der Waals surface area (Å²) < 4.78 is 0. The van der Waals surface area contributed by atoms with E-state index in [1.807, 2.05) is 0 Å². The number of para-hydroxylation sites is 2. The number of fused-ring (bicyclic) bond motifs is 1. The van der Waals surface area contributed by atoms with Crippen molar-refractivity contribution in [3.8, 4) is 0 Å². The molecule has 0 spiro atoms. The summed E-state index contributed by atoms with van der Waals surface area (Å²) in [5.74, 6) is 0.700. The highest BCUT2D eigenvalue weighted by Crippen LogP contribution is 2.40. The molecule has 17 heavy (non-hydrogen) atoms. The van der Waals surface area contributed by atoms with Crippen LogP contribution >= 0.6 is 0 Å². The highest BCUT2D eigenvalue weighted by Gasteiger charge is 2.36. The van der Waals surface area contributed by atoms with Crippen molar-refractivity contribution in [1.29, 1.82) is 0 Å². The van der Waals surface area contributed by atoms with Crippen molar-refractivity contribution < 1.29 is 0 Å². The van der Waals surface area contributed by atoms with Crippen LogP contribution in [-0.4, -0.2) is 32.7 Å². The third-order valence-electron chi connectivity index (χ3n) is 4.36. The number of likely N-dealkylation sites (N-methyl/N-ethyl adjacent to an activating group) is 1. The van der Waals surface area contributed by atoms with E-state index in [2.05, 4.69) is 41.1 Å². The summed E-state index contributed by atoms with van der Waals surface area (Å²) in [4.78, 5) is 4.93. The fourth-order valence-electron chi connectivity index (χ4n) is 3.11. The van der Waals surface area contributed by atoms with Gasteiger partial charge in [0, 0.05) is 26.2 Å². The van der Waals surface area contributed by atoms with Crippen molar-refractivity contribution in [3.63, 3.8) is 0 Å². The SMILES string of the molecule is CN1CCN(C2CCC2CN)c2ccccc21. The van der Waals surface area contributed by atoms with Gasteiger partial charge in [0.25, 0.3) is 0 Å². The second kappa shape index (κ2) is 4.22. The summed E-state index contributed by atoms with van der Waals surface area (Å²) in [7, 11) is 2.18. The molecule has 1 aromatic rings. The monoisotopic (exact) mass is 231 g/mol. The summed E-state index contributed by atoms with van der Waals surface area (Å²) in [5, 5.41) is 0. The van der Waals surface area contributed by atoms with Crippen LogP contribution < -0.4 is 15.5 Å². The average molecular weight is 231 g/mol. The zero-order valence-electron chi connectivity index (χ0n) is 10.5. The first kappa shape index (κ1) is 10.9. The highest BCUT2D eigenvalue weighted by atomic mass is 15.3. The summed E-state index contributed by atoms with van der Waals surface area (Å²) in [5.41, 5.74) is 8.60. The topological polar surface area (TPSA) is 32.5 Å². The molecule has 1 aliphatic heterocycles. The fourth-order valence-corrected chi connectivity index (χ4v) is 3.11. The first-order chi connectivity index (χ1) is 8.31. The Morgan fingerprint density at radius 3 is 2.59 bits per heavy atom. The van der Waals surface area contributed by atoms with Crippen LogP contribution in [-0.2, 0) is 0 Å². The zero-order chi connectivity index (χ0) is 11.8. The Morgan fingerprint density at radius 1 is 1.18 bits per heavy atom. The van der Waals surface area contributed by atoms with Gasteiger partial charge in [-0.25, -0.2) is 0 Å². The molecule has 1 aliphatic carbocycles. The Hall–Kier alpha value is -1.22. The van der Waals surface area contributed by atoms with Gasteiger partial charge in [-0.3, -0.25) is 0 Å². The van der Waals surface area contributed by atoms with Gasteiger partial charge in [-0.2, -0.15) is 0 Å². The Balaban J connectivity index is 1.90. The number of benzene rings is 1. The van der Waals surface area contributed by atoms with Gasteiger partial charge in [0.05, 0.1) is 11.4 Å². The smallest absolute Gasteiger partial charge is 0.0607 e. The molecule has 92 valence electrons. The van der Waals surface area contributed by atoms with E-state index >= 15 is 0 Å². The molecule has 3 rings (SSSR count). The lowest BCUT2D eigenvalue weighted by atomic mass is 9.78. The predicted molar refractivity (Wildman–Crippen MR) is 72.6 cm³/mol. The summed E-state index contributed by atoms with van der Waals surface area (Å²) in [6, 6.07) is 9.41. The van der Waals surface area contributed by atoms with Crippen LogP contribution in [0.25, 0.3) is 0 Å². The molecule has 1 heterocycles. The molecule has 0 aromatic heterocycles. The van der Waals surface area contributed by atoms with Gasteiger partial charge in [-0.15, -0.1) is 0 Å². The molecule has 3 heteroatoms. The number of nitrogens with two attached hydrogens (primary N) is 1. The van der Waals surface area contributed by atoms with E-state index in [0.717, 1.165) is 19.6 Å². The van der Waals surface area contributed by atoms with E-state index in [1.165, 1.54) is 24.2 Å². The maximum atomic E-state index is 5.84. The molecule has 1 aromatic carbocycles. The van der Waals surface area contributed by atoms with Crippen molar-refractivity contribution in [2.75, 3.05) is 36.5 Å². The van der Waals surface area contributed by atoms with E-state index in [9.17, 15) is 0 Å². The Kier molecular flexibility index (Phi) is 2.71. The number of hydrogen-bond acceptors (Lipinski definition) is 3. The van der Waals surface area contributed by atoms with E-state index in [4.69, 9.17) is 5.73 Å². The molecule has 2 atom stereocenters. The summed E-state index contributed by atoms with van der Waals surface area (Å²) in [6.45, 7) is 3.08. The average Bonchev–Trinajstić information content (AvgIpc) is 2.32. The maximum absolute atomic E-state index is 5.84. The molecule has 2 aliphatic rings. The van der Waals surface area contributed by atoms with Crippen molar-refractivity contribution in [1.82, 2.24) is 0 Å². The fraction of sp³-hybridized carbons (Fsp3) is 0.571. The second-order valence-electron chi connectivity index (χ2n) is 5.24. The molecular weight excluding hydrogens is 210 g/mol. The van der Waals surface area contributed by atoms with Crippen LogP contribution in [0.4, 0.5) is 11.4 Å². The molecule has 1 saturated carbocycles. The van der Waals surface area contributed by atoms with Crippen LogP contribution in [0.15, 0.2) is 24.3 Å². The van der Waals surface area contributed by atoms with Crippen LogP contribution in [0, 0.1) is 5.92 Å². The van der Waals surface area contributed by atoms with Gasteiger partial charge in [0.1, 0.15) is 0 Å². The summed E-state index contributed by atoms with van der Waals surface area (Å²) >= 11 is 0. The normalized spacial score (nSPS) is 27.6. The minimum Gasteiger partial charge on any atom is -0.371 e. The first-order valence-electron chi connectivity index (χ1n) is 6.58. The molecule has 3 nitrogen and oxygen atoms in total. The van der Waals surface area contributed by atoms with Gasteiger partial charge < -0.3 is 15.5 Å². The maximum Gasteiger partial charge on any atom is 0.0607 e. The van der Waals surface area contributed by atoms with E-state index in [1.54, 1.807) is 0 Å². The van der Waals surface area contributed by atoms with E-state index in [0.29, 0.717) is 12.0 Å². The molecule has 2 unspecified atom stereocenters. The molecule has 0 saturated heterocycles. The van der Waals surface area contributed by atoms with Crippen molar-refractivity contribution in [3.05, 3.63) is 24.3 Å². The predicted octanol–water partition coefficient (Wildman–Crippen LogP) is 1.68. The van der Waals surface area contributed by atoms with Crippen LogP contribution in [0.3, 0.4) is 0 Å². The third kappa shape index (κ3) is 1.69. The van der Waals surface area contributed by atoms with E-state index < -0.39 is 0 Å². The van der Waals surface area contributed by atoms with Crippen molar-refractivity contribution in [2.45, 2.75) is 18.9 Å². The quantitative estimate of drug-likeness (QED) is 0.840. The number of nitrogens with zero attached hydrogens (tertiary/aromatic N) is 2. The highest BCUT2D eigenvalue weighted by molar-refractivity contribution is 5.73. The number of hydrogen-bond donors (Lipinski definition) is 1. The molecule has 0 bridgehead atoms. The molecule has 1 fully saturated rings. The lowest BCUT2D eigenvalue weighted by Gasteiger charge is -2.49. The molecular formula is C14H21N3. The first-order valence-corrected chi connectivity index (χ1v) is 6.58. The third-order valence-corrected chi connectivity index (χ3v) is 4.36. The van der Waals surface area contributed by atoms with Crippen molar-refractivity contribution >= 4 is 11.4 Å². The van der Waals surface area contributed by atoms with Gasteiger partial charge in [0.2, 0.25) is 0 Å². The van der Waals surface area contributed by atoms with Gasteiger partial charge in [-0.1, -0.05) is 12.1 Å². The minimum atomic E-state index is 0.676. The van der Waals surface area contributed by atoms with Crippen LogP contribution in [0.1, 0.15) is 12.8 Å². The molecule has 2 N–H and O–H groups in total. The van der Waals surface area contributed by atoms with Crippen molar-refractivity contribution in [2.24, 2.45) is 11.7 Å². The van der Waals surface area contributed by atoms with Gasteiger partial charge in [-0.05, 0) is 37.4 Å². The number of rotatable bonds is 2. The number of anilines is 2. The van der Waals surface area contributed by atoms with Crippen LogP contribution in [0.5, 0.6) is 0 Å². The minimum absolute atomic E-state index is 0.676. The van der Waals surface area contributed by atoms with E-state index in [-0.39, 0.29) is 0 Å². The zero-order valence-corrected chi connectivity index (χ0v) is 10.5. The standard InChI is InChI=1S/C14H21N3/c1-16-8-9-17(12-7-6-11(12)10-15)14-5-3-2-4-13(14)16/h2-5,11-12H,6-10,15H2,1H3. The second-order valence-corrected chi connectivity index (χ2v) is 5.24. The molecule has 0 amide bonds. The Labute approximate surface area is 103 Å². The Bertz CT molecular complexity index is 402. The lowest BCUT2D eigenvalue weighted by Crippen LogP contribution is -2.54. The Morgan fingerprint density at radius 2 is 1.94 bits per heavy atom. The van der Waals surface area contributed by atoms with Gasteiger partial charge in [0.15, 0.2) is 0 Å². The molecule has 0 radical (unpaired) electrons. The van der Waals surface area contributed by atoms with Gasteiger partial charge >= 0.3 is 0 Å². The summed E-state index contributed by atoms with van der Waals surface area (Å²) in [6.07, 6.45) is 2.61. The largest absolute Gasteiger partial charge is 0.371 e. The van der Waals surface area contributed by atoms with Crippen LogP contribution in [0.2, 0.25) is 0 Å².